The fraction of sp³-hybridized carbons (Fsp3) is 0.688. The first kappa shape index (κ1) is 15.1. The summed E-state index contributed by atoms with van der Waals surface area (Å²) in [5, 5.41) is 3.60. The highest BCUT2D eigenvalue weighted by Crippen LogP contribution is 2.25. The van der Waals surface area contributed by atoms with E-state index >= 15 is 0 Å². The van der Waals surface area contributed by atoms with Gasteiger partial charge in [-0.1, -0.05) is 0 Å². The Balaban J connectivity index is 1.94. The Kier molecular flexibility index (Phi) is 5.24. The van der Waals surface area contributed by atoms with Crippen LogP contribution in [0.1, 0.15) is 40.5 Å². The molecule has 0 amide bonds. The molecular formula is C16H27N3O. The van der Waals surface area contributed by atoms with Gasteiger partial charge in [0.05, 0.1) is 11.8 Å². The molecule has 0 aromatic carbocycles. The quantitative estimate of drug-likeness (QED) is 0.897. The van der Waals surface area contributed by atoms with Gasteiger partial charge in [-0.2, -0.15) is 0 Å². The molecule has 4 heteroatoms. The van der Waals surface area contributed by atoms with Crippen LogP contribution in [-0.2, 0) is 0 Å². The van der Waals surface area contributed by atoms with E-state index in [9.17, 15) is 0 Å². The lowest BCUT2D eigenvalue weighted by Gasteiger charge is -2.35. The normalized spacial score (nSPS) is 17.7. The minimum Gasteiger partial charge on any atom is -0.473 e. The summed E-state index contributed by atoms with van der Waals surface area (Å²) in [6, 6.07) is 5.18. The fourth-order valence-corrected chi connectivity index (χ4v) is 2.60. The van der Waals surface area contributed by atoms with Gasteiger partial charge in [-0.3, -0.25) is 0 Å². The number of ether oxygens (including phenoxy) is 1. The first-order valence-electron chi connectivity index (χ1n) is 7.68. The van der Waals surface area contributed by atoms with Crippen molar-refractivity contribution >= 4 is 5.69 Å². The molecule has 1 aromatic rings. The van der Waals surface area contributed by atoms with E-state index in [4.69, 9.17) is 4.74 Å². The summed E-state index contributed by atoms with van der Waals surface area (Å²) < 4.78 is 5.76. The van der Waals surface area contributed by atoms with E-state index in [1.807, 2.05) is 19.9 Å². The molecule has 0 bridgehead atoms. The topological polar surface area (TPSA) is 37.4 Å². The molecule has 0 unspecified atom stereocenters. The van der Waals surface area contributed by atoms with Crippen molar-refractivity contribution in [3.05, 3.63) is 18.3 Å². The van der Waals surface area contributed by atoms with Gasteiger partial charge >= 0.3 is 0 Å². The van der Waals surface area contributed by atoms with E-state index in [1.54, 1.807) is 6.20 Å². The highest BCUT2D eigenvalue weighted by molar-refractivity contribution is 5.52. The zero-order valence-corrected chi connectivity index (χ0v) is 13.1. The van der Waals surface area contributed by atoms with Gasteiger partial charge in [-0.15, -0.1) is 0 Å². The Morgan fingerprint density at radius 3 is 2.55 bits per heavy atom. The molecule has 4 nitrogen and oxygen atoms in total. The molecule has 1 aliphatic heterocycles. The van der Waals surface area contributed by atoms with Crippen LogP contribution in [0.25, 0.3) is 0 Å². The molecular weight excluding hydrogens is 250 g/mol. The minimum absolute atomic E-state index is 0.147. The largest absolute Gasteiger partial charge is 0.473 e. The van der Waals surface area contributed by atoms with Crippen molar-refractivity contribution in [3.8, 4) is 5.88 Å². The average Bonchev–Trinajstić information content (AvgIpc) is 2.41. The van der Waals surface area contributed by atoms with Crippen molar-refractivity contribution in [2.45, 2.75) is 58.7 Å². The summed E-state index contributed by atoms with van der Waals surface area (Å²) in [5.41, 5.74) is 1.02. The summed E-state index contributed by atoms with van der Waals surface area (Å²) in [6.07, 6.45) is 4.28. The zero-order valence-electron chi connectivity index (χ0n) is 13.1. The van der Waals surface area contributed by atoms with Gasteiger partial charge < -0.3 is 15.0 Å². The van der Waals surface area contributed by atoms with Gasteiger partial charge in [-0.25, -0.2) is 4.98 Å². The van der Waals surface area contributed by atoms with Gasteiger partial charge in [0.2, 0.25) is 5.88 Å². The van der Waals surface area contributed by atoms with Gasteiger partial charge in [0.1, 0.15) is 0 Å². The fourth-order valence-electron chi connectivity index (χ4n) is 2.60. The van der Waals surface area contributed by atoms with Crippen LogP contribution in [0.5, 0.6) is 5.88 Å². The summed E-state index contributed by atoms with van der Waals surface area (Å²) >= 11 is 0. The number of nitrogens with zero attached hydrogens (tertiary/aromatic N) is 2. The molecule has 112 valence electrons. The lowest BCUT2D eigenvalue weighted by atomic mass is 10.0. The third-order valence-corrected chi connectivity index (χ3v) is 3.74. The van der Waals surface area contributed by atoms with E-state index in [1.165, 1.54) is 12.8 Å². The van der Waals surface area contributed by atoms with Crippen molar-refractivity contribution in [3.63, 3.8) is 0 Å². The summed E-state index contributed by atoms with van der Waals surface area (Å²) in [7, 11) is 0. The van der Waals surface area contributed by atoms with Crippen molar-refractivity contribution in [2.24, 2.45) is 0 Å². The van der Waals surface area contributed by atoms with Crippen LogP contribution in [0, 0.1) is 0 Å². The third kappa shape index (κ3) is 4.10. The minimum atomic E-state index is 0.147. The SMILES string of the molecule is CC(C)Oc1ncccc1NC1CCN(C(C)C)CC1. The van der Waals surface area contributed by atoms with Crippen LogP contribution in [0.4, 0.5) is 5.69 Å². The molecule has 0 radical (unpaired) electrons. The van der Waals surface area contributed by atoms with Crippen LogP contribution in [0.3, 0.4) is 0 Å². The third-order valence-electron chi connectivity index (χ3n) is 3.74. The maximum atomic E-state index is 5.76. The standard InChI is InChI=1S/C16H27N3O/c1-12(2)19-10-7-14(8-11-19)18-15-6-5-9-17-16(15)20-13(3)4/h5-6,9,12-14,18H,7-8,10-11H2,1-4H3. The average molecular weight is 277 g/mol. The molecule has 0 spiro atoms. The Labute approximate surface area is 122 Å². The number of piperidine rings is 1. The molecule has 20 heavy (non-hydrogen) atoms. The van der Waals surface area contributed by atoms with Gasteiger partial charge in [0, 0.05) is 31.4 Å². The van der Waals surface area contributed by atoms with Crippen molar-refractivity contribution < 1.29 is 4.74 Å². The second-order valence-electron chi connectivity index (χ2n) is 6.07. The molecule has 0 aliphatic carbocycles. The number of nitrogens with one attached hydrogen (secondary N) is 1. The Bertz CT molecular complexity index is 412. The number of hydrogen-bond donors (Lipinski definition) is 1. The van der Waals surface area contributed by atoms with E-state index in [0.29, 0.717) is 18.0 Å². The Morgan fingerprint density at radius 1 is 1.25 bits per heavy atom. The molecule has 0 atom stereocenters. The summed E-state index contributed by atoms with van der Waals surface area (Å²) in [4.78, 5) is 6.87. The Hall–Kier alpha value is -1.29. The Morgan fingerprint density at radius 2 is 1.95 bits per heavy atom. The van der Waals surface area contributed by atoms with E-state index < -0.39 is 0 Å². The van der Waals surface area contributed by atoms with Crippen LogP contribution in [0.15, 0.2) is 18.3 Å². The van der Waals surface area contributed by atoms with Crippen LogP contribution >= 0.6 is 0 Å². The van der Waals surface area contributed by atoms with Crippen molar-refractivity contribution in [1.82, 2.24) is 9.88 Å². The molecule has 1 fully saturated rings. The van der Waals surface area contributed by atoms with E-state index in [0.717, 1.165) is 18.8 Å². The predicted octanol–water partition coefficient (Wildman–Crippen LogP) is 3.15. The number of pyridine rings is 1. The monoisotopic (exact) mass is 277 g/mol. The number of aromatic nitrogens is 1. The van der Waals surface area contributed by atoms with Gasteiger partial charge in [-0.05, 0) is 52.7 Å². The number of likely N-dealkylation sites (tertiary alicyclic amines) is 1. The van der Waals surface area contributed by atoms with Gasteiger partial charge in [0.25, 0.3) is 0 Å². The van der Waals surface area contributed by atoms with Crippen LogP contribution in [0.2, 0.25) is 0 Å². The summed E-state index contributed by atoms with van der Waals surface area (Å²) in [5.74, 6) is 0.716. The highest BCUT2D eigenvalue weighted by Gasteiger charge is 2.21. The second kappa shape index (κ2) is 6.93. The molecule has 0 saturated carbocycles. The number of hydrogen-bond acceptors (Lipinski definition) is 4. The van der Waals surface area contributed by atoms with E-state index in [2.05, 4.69) is 35.1 Å². The van der Waals surface area contributed by atoms with Crippen LogP contribution < -0.4 is 10.1 Å². The second-order valence-corrected chi connectivity index (χ2v) is 6.07. The lowest BCUT2D eigenvalue weighted by Crippen LogP contribution is -2.42. The first-order valence-corrected chi connectivity index (χ1v) is 7.68. The first-order chi connectivity index (χ1) is 9.56. The predicted molar refractivity (Wildman–Crippen MR) is 83.4 cm³/mol. The number of anilines is 1. The maximum absolute atomic E-state index is 5.76. The molecule has 1 aliphatic rings. The zero-order chi connectivity index (χ0) is 14.5. The number of rotatable bonds is 5. The summed E-state index contributed by atoms with van der Waals surface area (Å²) in [6.45, 7) is 10.9. The molecule has 1 aromatic heterocycles. The smallest absolute Gasteiger partial charge is 0.237 e. The van der Waals surface area contributed by atoms with E-state index in [-0.39, 0.29) is 6.10 Å². The van der Waals surface area contributed by atoms with Crippen LogP contribution in [-0.4, -0.2) is 41.2 Å². The van der Waals surface area contributed by atoms with Gasteiger partial charge in [0.15, 0.2) is 0 Å². The lowest BCUT2D eigenvalue weighted by molar-refractivity contribution is 0.177. The van der Waals surface area contributed by atoms with Crippen molar-refractivity contribution in [2.75, 3.05) is 18.4 Å². The van der Waals surface area contributed by atoms with Crippen molar-refractivity contribution in [1.29, 1.82) is 0 Å². The molecule has 2 rings (SSSR count). The molecule has 2 heterocycles. The molecule has 1 saturated heterocycles. The maximum Gasteiger partial charge on any atom is 0.237 e. The molecule has 1 N–H and O–H groups in total. The highest BCUT2D eigenvalue weighted by atomic mass is 16.5.